The first-order valence-corrected chi connectivity index (χ1v) is 5.69. The van der Waals surface area contributed by atoms with Crippen molar-refractivity contribution in [1.29, 1.82) is 5.26 Å². The summed E-state index contributed by atoms with van der Waals surface area (Å²) >= 11 is 3.41. The number of pyridine rings is 1. The Bertz CT molecular complexity index is 444. The zero-order valence-corrected chi connectivity index (χ0v) is 9.57. The summed E-state index contributed by atoms with van der Waals surface area (Å²) in [4.78, 5) is 4.32. The summed E-state index contributed by atoms with van der Waals surface area (Å²) in [6.45, 7) is 1.40. The molecule has 0 bridgehead atoms. The van der Waals surface area contributed by atoms with Crippen molar-refractivity contribution in [3.63, 3.8) is 0 Å². The van der Waals surface area contributed by atoms with E-state index in [4.69, 9.17) is 4.74 Å². The number of fused-ring (bicyclic) bond motifs is 1. The molecule has 1 aliphatic heterocycles. The van der Waals surface area contributed by atoms with Crippen LogP contribution in [0.15, 0.2) is 22.8 Å². The number of nitrogens with zero attached hydrogens (tertiary/aromatic N) is 2. The van der Waals surface area contributed by atoms with E-state index in [0.29, 0.717) is 25.0 Å². The zero-order chi connectivity index (χ0) is 10.5. The minimum atomic E-state index is -0.373. The third-order valence-electron chi connectivity index (χ3n) is 3.47. The van der Waals surface area contributed by atoms with Crippen LogP contribution in [0.25, 0.3) is 0 Å². The van der Waals surface area contributed by atoms with Gasteiger partial charge in [0.25, 0.3) is 0 Å². The van der Waals surface area contributed by atoms with Crippen molar-refractivity contribution in [2.75, 3.05) is 13.2 Å². The summed E-state index contributed by atoms with van der Waals surface area (Å²) in [7, 11) is 0. The van der Waals surface area contributed by atoms with Crippen LogP contribution in [0.3, 0.4) is 0 Å². The first kappa shape index (κ1) is 9.32. The first-order chi connectivity index (χ1) is 7.29. The third kappa shape index (κ3) is 1.11. The van der Waals surface area contributed by atoms with Crippen molar-refractivity contribution < 1.29 is 4.74 Å². The topological polar surface area (TPSA) is 45.9 Å². The van der Waals surface area contributed by atoms with E-state index in [2.05, 4.69) is 27.0 Å². The third-order valence-corrected chi connectivity index (χ3v) is 3.97. The van der Waals surface area contributed by atoms with Gasteiger partial charge in [-0.15, -0.1) is 0 Å². The summed E-state index contributed by atoms with van der Waals surface area (Å²) in [5, 5.41) is 9.35. The molecular formula is C11H9BrN2O. The second kappa shape index (κ2) is 3.03. The van der Waals surface area contributed by atoms with E-state index in [0.717, 1.165) is 10.2 Å². The number of nitriles is 1. The van der Waals surface area contributed by atoms with E-state index in [1.807, 2.05) is 12.1 Å². The van der Waals surface area contributed by atoms with Crippen molar-refractivity contribution in [3.05, 3.63) is 28.5 Å². The molecule has 0 N–H and O–H groups in total. The van der Waals surface area contributed by atoms with Crippen LogP contribution in [0, 0.1) is 23.2 Å². The van der Waals surface area contributed by atoms with Crippen LogP contribution >= 0.6 is 15.9 Å². The normalized spacial score (nSPS) is 37.1. The van der Waals surface area contributed by atoms with Crippen LogP contribution in [-0.2, 0) is 10.2 Å². The lowest BCUT2D eigenvalue weighted by molar-refractivity contribution is 0.151. The molecule has 15 heavy (non-hydrogen) atoms. The lowest BCUT2D eigenvalue weighted by atomic mass is 9.98. The van der Waals surface area contributed by atoms with Crippen LogP contribution < -0.4 is 0 Å². The van der Waals surface area contributed by atoms with Gasteiger partial charge in [0.1, 0.15) is 5.41 Å². The number of ether oxygens (including phenoxy) is 1. The van der Waals surface area contributed by atoms with E-state index in [1.165, 1.54) is 0 Å². The SMILES string of the molecule is N#CC1(c2cc(Br)ccn2)[C@@H]2COC[C@@H]21. The predicted octanol–water partition coefficient (Wildman–Crippen LogP) is 1.88. The van der Waals surface area contributed by atoms with Crippen LogP contribution in [0.4, 0.5) is 0 Å². The summed E-state index contributed by atoms with van der Waals surface area (Å²) in [6, 6.07) is 6.26. The van der Waals surface area contributed by atoms with Crippen molar-refractivity contribution >= 4 is 15.9 Å². The molecule has 1 saturated carbocycles. The molecular weight excluding hydrogens is 256 g/mol. The van der Waals surface area contributed by atoms with Crippen LogP contribution in [0.2, 0.25) is 0 Å². The Hall–Kier alpha value is -0.920. The van der Waals surface area contributed by atoms with Gasteiger partial charge in [-0.25, -0.2) is 0 Å². The number of halogens is 1. The van der Waals surface area contributed by atoms with Crippen LogP contribution in [0.1, 0.15) is 5.69 Å². The van der Waals surface area contributed by atoms with E-state index < -0.39 is 0 Å². The largest absolute Gasteiger partial charge is 0.381 e. The molecule has 1 aromatic heterocycles. The maximum absolute atomic E-state index is 9.35. The van der Waals surface area contributed by atoms with Gasteiger partial charge in [0.05, 0.1) is 25.0 Å². The number of rotatable bonds is 1. The van der Waals surface area contributed by atoms with E-state index >= 15 is 0 Å². The molecule has 1 aromatic rings. The van der Waals surface area contributed by atoms with Crippen LogP contribution in [-0.4, -0.2) is 18.2 Å². The molecule has 3 nitrogen and oxygen atoms in total. The Labute approximate surface area is 96.2 Å². The Morgan fingerprint density at radius 1 is 1.53 bits per heavy atom. The fourth-order valence-corrected chi connectivity index (χ4v) is 2.92. The highest BCUT2D eigenvalue weighted by atomic mass is 79.9. The minimum absolute atomic E-state index is 0.351. The smallest absolute Gasteiger partial charge is 0.110 e. The standard InChI is InChI=1S/C11H9BrN2O/c12-7-1-2-14-10(3-7)11(6-13)8-4-15-5-9(8)11/h1-3,8-9H,4-5H2/t8-,9+,11?. The van der Waals surface area contributed by atoms with E-state index in [9.17, 15) is 5.26 Å². The molecule has 2 heterocycles. The van der Waals surface area contributed by atoms with Gasteiger partial charge < -0.3 is 4.74 Å². The second-order valence-electron chi connectivity index (χ2n) is 4.09. The first-order valence-electron chi connectivity index (χ1n) is 4.90. The molecule has 76 valence electrons. The van der Waals surface area contributed by atoms with Gasteiger partial charge in [-0.3, -0.25) is 4.98 Å². The average molecular weight is 265 g/mol. The zero-order valence-electron chi connectivity index (χ0n) is 7.98. The van der Waals surface area contributed by atoms with Gasteiger partial charge in [-0.1, -0.05) is 15.9 Å². The summed E-state index contributed by atoms with van der Waals surface area (Å²) in [6.07, 6.45) is 1.74. The second-order valence-corrected chi connectivity index (χ2v) is 5.01. The summed E-state index contributed by atoms with van der Waals surface area (Å²) in [5.41, 5.74) is 0.514. The molecule has 3 atom stereocenters. The number of hydrogen-bond acceptors (Lipinski definition) is 3. The van der Waals surface area contributed by atoms with E-state index in [1.54, 1.807) is 6.20 Å². The number of aromatic nitrogens is 1. The molecule has 0 aromatic carbocycles. The van der Waals surface area contributed by atoms with Crippen LogP contribution in [0.5, 0.6) is 0 Å². The molecule has 1 unspecified atom stereocenters. The summed E-state index contributed by atoms with van der Waals surface area (Å²) in [5.74, 6) is 0.702. The molecule has 2 aliphatic rings. The quantitative estimate of drug-likeness (QED) is 0.778. The highest BCUT2D eigenvalue weighted by molar-refractivity contribution is 9.10. The molecule has 0 amide bonds. The Kier molecular flexibility index (Phi) is 1.88. The lowest BCUT2D eigenvalue weighted by Crippen LogP contribution is -2.17. The van der Waals surface area contributed by atoms with Gasteiger partial charge in [-0.2, -0.15) is 5.26 Å². The average Bonchev–Trinajstić information content (AvgIpc) is 2.62. The summed E-state index contributed by atoms with van der Waals surface area (Å²) < 4.78 is 6.30. The molecule has 3 rings (SSSR count). The maximum atomic E-state index is 9.35. The van der Waals surface area contributed by atoms with Gasteiger partial charge in [0, 0.05) is 22.5 Å². The van der Waals surface area contributed by atoms with Gasteiger partial charge in [0.2, 0.25) is 0 Å². The van der Waals surface area contributed by atoms with Crippen molar-refractivity contribution in [1.82, 2.24) is 4.98 Å². The van der Waals surface area contributed by atoms with Gasteiger partial charge in [-0.05, 0) is 12.1 Å². The monoisotopic (exact) mass is 264 g/mol. The molecule has 2 fully saturated rings. The molecule has 1 saturated heterocycles. The highest BCUT2D eigenvalue weighted by Gasteiger charge is 2.70. The molecule has 0 radical (unpaired) electrons. The van der Waals surface area contributed by atoms with Crippen molar-refractivity contribution in [3.8, 4) is 6.07 Å². The van der Waals surface area contributed by atoms with E-state index in [-0.39, 0.29) is 5.41 Å². The fourth-order valence-electron chi connectivity index (χ4n) is 2.59. The van der Waals surface area contributed by atoms with Crippen molar-refractivity contribution in [2.45, 2.75) is 5.41 Å². The predicted molar refractivity (Wildman–Crippen MR) is 57.0 cm³/mol. The fraction of sp³-hybridized carbons (Fsp3) is 0.455. The molecule has 4 heteroatoms. The lowest BCUT2D eigenvalue weighted by Gasteiger charge is -2.12. The molecule has 0 spiro atoms. The number of hydrogen-bond donors (Lipinski definition) is 0. The highest BCUT2D eigenvalue weighted by Crippen LogP contribution is 2.62. The van der Waals surface area contributed by atoms with Gasteiger partial charge in [0.15, 0.2) is 0 Å². The Morgan fingerprint density at radius 3 is 2.87 bits per heavy atom. The maximum Gasteiger partial charge on any atom is 0.110 e. The van der Waals surface area contributed by atoms with Crippen molar-refractivity contribution in [2.24, 2.45) is 11.8 Å². The minimum Gasteiger partial charge on any atom is -0.381 e. The Morgan fingerprint density at radius 2 is 2.27 bits per heavy atom. The van der Waals surface area contributed by atoms with Gasteiger partial charge >= 0.3 is 0 Å². The Balaban J connectivity index is 2.04. The molecule has 1 aliphatic carbocycles.